The molecule has 2 aromatic rings. The fourth-order valence-corrected chi connectivity index (χ4v) is 1.08. The van der Waals surface area contributed by atoms with E-state index < -0.39 is 5.97 Å². The van der Waals surface area contributed by atoms with Crippen LogP contribution in [0, 0.1) is 6.92 Å². The van der Waals surface area contributed by atoms with Crippen LogP contribution in [0.25, 0.3) is 11.5 Å². The SMILES string of the molecule is Cc1nc(-c2nc[nH]c2C(=O)O)n[nH]1. The van der Waals surface area contributed by atoms with Crippen LogP contribution in [-0.4, -0.2) is 36.2 Å². The van der Waals surface area contributed by atoms with E-state index in [0.717, 1.165) is 0 Å². The lowest BCUT2D eigenvalue weighted by Gasteiger charge is -1.90. The summed E-state index contributed by atoms with van der Waals surface area (Å²) in [6.45, 7) is 1.73. The smallest absolute Gasteiger partial charge is 0.354 e. The van der Waals surface area contributed by atoms with Gasteiger partial charge in [0.1, 0.15) is 11.5 Å². The van der Waals surface area contributed by atoms with E-state index in [-0.39, 0.29) is 17.2 Å². The van der Waals surface area contributed by atoms with Gasteiger partial charge in [0.05, 0.1) is 6.33 Å². The van der Waals surface area contributed by atoms with Crippen LogP contribution in [0.2, 0.25) is 0 Å². The Morgan fingerprint density at radius 1 is 1.57 bits per heavy atom. The van der Waals surface area contributed by atoms with Gasteiger partial charge in [-0.15, -0.1) is 0 Å². The lowest BCUT2D eigenvalue weighted by Crippen LogP contribution is -1.99. The number of carboxylic acid groups (broad SMARTS) is 1. The minimum atomic E-state index is -1.08. The number of aromatic nitrogens is 5. The molecule has 7 heteroatoms. The van der Waals surface area contributed by atoms with Crippen LogP contribution < -0.4 is 0 Å². The highest BCUT2D eigenvalue weighted by Gasteiger charge is 2.17. The molecule has 0 amide bonds. The lowest BCUT2D eigenvalue weighted by molar-refractivity contribution is 0.0692. The highest BCUT2D eigenvalue weighted by atomic mass is 16.4. The van der Waals surface area contributed by atoms with Gasteiger partial charge in [-0.05, 0) is 6.92 Å². The van der Waals surface area contributed by atoms with Crippen LogP contribution in [-0.2, 0) is 0 Å². The first-order chi connectivity index (χ1) is 6.68. The number of nitrogens with one attached hydrogen (secondary N) is 2. The average Bonchev–Trinajstić information content (AvgIpc) is 2.70. The third-order valence-corrected chi connectivity index (χ3v) is 1.66. The van der Waals surface area contributed by atoms with E-state index in [0.29, 0.717) is 5.82 Å². The van der Waals surface area contributed by atoms with Crippen molar-refractivity contribution in [2.24, 2.45) is 0 Å². The maximum atomic E-state index is 10.7. The van der Waals surface area contributed by atoms with Crippen molar-refractivity contribution < 1.29 is 9.90 Å². The van der Waals surface area contributed by atoms with Gasteiger partial charge < -0.3 is 10.1 Å². The van der Waals surface area contributed by atoms with Crippen LogP contribution in [0.3, 0.4) is 0 Å². The van der Waals surface area contributed by atoms with Crippen LogP contribution in [0.4, 0.5) is 0 Å². The number of rotatable bonds is 2. The Labute approximate surface area is 78.2 Å². The molecule has 0 aliphatic rings. The number of aryl methyl sites for hydroxylation is 1. The first kappa shape index (κ1) is 8.42. The topological polar surface area (TPSA) is 108 Å². The second kappa shape index (κ2) is 2.95. The summed E-state index contributed by atoms with van der Waals surface area (Å²) in [5.41, 5.74) is 0.228. The summed E-state index contributed by atoms with van der Waals surface area (Å²) >= 11 is 0. The molecule has 0 saturated heterocycles. The molecule has 0 aliphatic carbocycles. The van der Waals surface area contributed by atoms with E-state index in [1.807, 2.05) is 0 Å². The summed E-state index contributed by atoms with van der Waals surface area (Å²) in [6, 6.07) is 0. The van der Waals surface area contributed by atoms with E-state index in [9.17, 15) is 4.79 Å². The maximum absolute atomic E-state index is 10.7. The summed E-state index contributed by atoms with van der Waals surface area (Å²) < 4.78 is 0. The molecule has 2 rings (SSSR count). The molecule has 0 atom stereocenters. The molecular formula is C7H7N5O2. The van der Waals surface area contributed by atoms with Gasteiger partial charge in [-0.3, -0.25) is 5.10 Å². The van der Waals surface area contributed by atoms with Crippen LogP contribution in [0.5, 0.6) is 0 Å². The molecule has 0 aromatic carbocycles. The number of carboxylic acids is 1. The minimum Gasteiger partial charge on any atom is -0.477 e. The first-order valence-electron chi connectivity index (χ1n) is 3.84. The molecule has 72 valence electrons. The average molecular weight is 193 g/mol. The Morgan fingerprint density at radius 2 is 2.36 bits per heavy atom. The Bertz CT molecular complexity index is 472. The largest absolute Gasteiger partial charge is 0.477 e. The molecule has 0 fully saturated rings. The van der Waals surface area contributed by atoms with E-state index in [4.69, 9.17) is 5.11 Å². The number of aromatic carboxylic acids is 1. The van der Waals surface area contributed by atoms with Crippen LogP contribution in [0.1, 0.15) is 16.3 Å². The second-order valence-electron chi connectivity index (χ2n) is 2.68. The van der Waals surface area contributed by atoms with E-state index in [2.05, 4.69) is 25.1 Å². The standard InChI is InChI=1S/C7H7N5O2/c1-3-10-6(12-11-3)4-5(7(13)14)9-2-8-4/h2H,1H3,(H,8,9)(H,13,14)(H,10,11,12). The van der Waals surface area contributed by atoms with Gasteiger partial charge in [0, 0.05) is 0 Å². The molecule has 7 nitrogen and oxygen atoms in total. The number of hydrogen-bond donors (Lipinski definition) is 3. The minimum absolute atomic E-state index is 0.0102. The fraction of sp³-hybridized carbons (Fsp3) is 0.143. The zero-order chi connectivity index (χ0) is 10.1. The number of hydrogen-bond acceptors (Lipinski definition) is 4. The molecule has 0 spiro atoms. The molecule has 2 heterocycles. The van der Waals surface area contributed by atoms with Gasteiger partial charge in [0.2, 0.25) is 5.82 Å². The van der Waals surface area contributed by atoms with Crippen molar-refractivity contribution in [2.45, 2.75) is 6.92 Å². The van der Waals surface area contributed by atoms with Gasteiger partial charge in [0.25, 0.3) is 0 Å². The molecular weight excluding hydrogens is 186 g/mol. The first-order valence-corrected chi connectivity index (χ1v) is 3.84. The Hall–Kier alpha value is -2.18. The third kappa shape index (κ3) is 1.24. The number of nitrogens with zero attached hydrogens (tertiary/aromatic N) is 3. The zero-order valence-corrected chi connectivity index (χ0v) is 7.27. The summed E-state index contributed by atoms with van der Waals surface area (Å²) in [4.78, 5) is 21.1. The zero-order valence-electron chi connectivity index (χ0n) is 7.27. The molecule has 14 heavy (non-hydrogen) atoms. The Morgan fingerprint density at radius 3 is 2.93 bits per heavy atom. The van der Waals surface area contributed by atoms with Crippen molar-refractivity contribution in [3.63, 3.8) is 0 Å². The van der Waals surface area contributed by atoms with Gasteiger partial charge in [-0.2, -0.15) is 5.10 Å². The van der Waals surface area contributed by atoms with Gasteiger partial charge in [0.15, 0.2) is 5.69 Å². The predicted octanol–water partition coefficient (Wildman–Crippen LogP) is 0.201. The third-order valence-electron chi connectivity index (χ3n) is 1.66. The summed E-state index contributed by atoms with van der Waals surface area (Å²) in [7, 11) is 0. The Balaban J connectivity index is 2.51. The van der Waals surface area contributed by atoms with Gasteiger partial charge in [-0.1, -0.05) is 0 Å². The van der Waals surface area contributed by atoms with Gasteiger partial charge in [-0.25, -0.2) is 14.8 Å². The number of aromatic amines is 2. The lowest BCUT2D eigenvalue weighted by atomic mass is 10.3. The Kier molecular flexibility index (Phi) is 1.77. The molecule has 0 radical (unpaired) electrons. The monoisotopic (exact) mass is 193 g/mol. The van der Waals surface area contributed by atoms with Crippen molar-refractivity contribution in [3.05, 3.63) is 17.8 Å². The van der Waals surface area contributed by atoms with Crippen molar-refractivity contribution in [1.29, 1.82) is 0 Å². The van der Waals surface area contributed by atoms with Crippen LogP contribution in [0.15, 0.2) is 6.33 Å². The number of imidazole rings is 1. The van der Waals surface area contributed by atoms with Crippen molar-refractivity contribution in [3.8, 4) is 11.5 Å². The molecule has 0 bridgehead atoms. The van der Waals surface area contributed by atoms with E-state index in [1.54, 1.807) is 6.92 Å². The molecule has 0 unspecified atom stereocenters. The summed E-state index contributed by atoms with van der Waals surface area (Å²) in [5, 5.41) is 15.2. The summed E-state index contributed by atoms with van der Waals surface area (Å²) in [6.07, 6.45) is 1.30. The molecule has 0 aliphatic heterocycles. The quantitative estimate of drug-likeness (QED) is 0.631. The highest BCUT2D eigenvalue weighted by molar-refractivity contribution is 5.91. The fourth-order valence-electron chi connectivity index (χ4n) is 1.08. The molecule has 2 aromatic heterocycles. The van der Waals surface area contributed by atoms with Crippen molar-refractivity contribution in [1.82, 2.24) is 25.1 Å². The van der Waals surface area contributed by atoms with Gasteiger partial charge >= 0.3 is 5.97 Å². The molecule has 0 saturated carbocycles. The van der Waals surface area contributed by atoms with E-state index in [1.165, 1.54) is 6.33 Å². The van der Waals surface area contributed by atoms with Crippen molar-refractivity contribution in [2.75, 3.05) is 0 Å². The van der Waals surface area contributed by atoms with Crippen molar-refractivity contribution >= 4 is 5.97 Å². The molecule has 3 N–H and O–H groups in total. The predicted molar refractivity (Wildman–Crippen MR) is 45.7 cm³/mol. The van der Waals surface area contributed by atoms with Crippen LogP contribution >= 0.6 is 0 Å². The maximum Gasteiger partial charge on any atom is 0.354 e. The highest BCUT2D eigenvalue weighted by Crippen LogP contribution is 2.15. The second-order valence-corrected chi connectivity index (χ2v) is 2.68. The number of H-pyrrole nitrogens is 2. The van der Waals surface area contributed by atoms with E-state index >= 15 is 0 Å². The number of carbonyl (C=O) groups is 1. The normalized spacial score (nSPS) is 10.4. The summed E-state index contributed by atoms with van der Waals surface area (Å²) in [5.74, 6) is -0.194.